The Morgan fingerprint density at radius 3 is 2.31 bits per heavy atom. The third-order valence-electron chi connectivity index (χ3n) is 4.82. The highest BCUT2D eigenvalue weighted by atomic mass is 32.2. The number of thiophene rings is 1. The van der Waals surface area contributed by atoms with Crippen molar-refractivity contribution in [3.05, 3.63) is 45.6 Å². The lowest BCUT2D eigenvalue weighted by molar-refractivity contribution is -0.120. The van der Waals surface area contributed by atoms with Crippen molar-refractivity contribution < 1.29 is 13.2 Å². The summed E-state index contributed by atoms with van der Waals surface area (Å²) in [6, 6.07) is 5.67. The van der Waals surface area contributed by atoms with Crippen molar-refractivity contribution in [2.75, 3.05) is 18.4 Å². The molecule has 1 saturated heterocycles. The number of hydrogen-bond acceptors (Lipinski definition) is 4. The standard InChI is InChI=1S/C19H24N2O3S2/c1-13-10-14(2)18(15(3)11-13)26(23,24)21-7-4-16(5-8-21)19(22)20-17-6-9-25-12-17/h6,9-12,16H,4-5,7-8H2,1-3H3,(H,20,22). The van der Waals surface area contributed by atoms with E-state index in [4.69, 9.17) is 0 Å². The molecule has 2 heterocycles. The number of hydrogen-bond donors (Lipinski definition) is 1. The highest BCUT2D eigenvalue weighted by Gasteiger charge is 2.33. The van der Waals surface area contributed by atoms with Gasteiger partial charge in [-0.1, -0.05) is 17.7 Å². The fourth-order valence-electron chi connectivity index (χ4n) is 3.64. The van der Waals surface area contributed by atoms with Crippen LogP contribution in [-0.4, -0.2) is 31.7 Å². The predicted octanol–water partition coefficient (Wildman–Crippen LogP) is 3.71. The van der Waals surface area contributed by atoms with Crippen LogP contribution in [0.1, 0.15) is 29.5 Å². The molecule has 2 aromatic rings. The molecule has 1 aromatic heterocycles. The molecule has 1 aliphatic heterocycles. The molecule has 1 aliphatic rings. The molecule has 0 atom stereocenters. The molecule has 0 saturated carbocycles. The van der Waals surface area contributed by atoms with Crippen LogP contribution in [0.25, 0.3) is 0 Å². The Hall–Kier alpha value is -1.70. The minimum absolute atomic E-state index is 0.0249. The van der Waals surface area contributed by atoms with E-state index in [1.54, 1.807) is 0 Å². The number of nitrogens with zero attached hydrogens (tertiary/aromatic N) is 1. The molecule has 0 bridgehead atoms. The molecule has 5 nitrogen and oxygen atoms in total. The zero-order valence-electron chi connectivity index (χ0n) is 15.3. The Morgan fingerprint density at radius 2 is 1.77 bits per heavy atom. The second kappa shape index (κ2) is 7.50. The Morgan fingerprint density at radius 1 is 1.15 bits per heavy atom. The number of nitrogens with one attached hydrogen (secondary N) is 1. The molecule has 3 rings (SSSR count). The van der Waals surface area contributed by atoms with Crippen molar-refractivity contribution in [2.45, 2.75) is 38.5 Å². The summed E-state index contributed by atoms with van der Waals surface area (Å²) in [5.74, 6) is -0.176. The van der Waals surface area contributed by atoms with Crippen LogP contribution in [0.2, 0.25) is 0 Å². The van der Waals surface area contributed by atoms with Gasteiger partial charge >= 0.3 is 0 Å². The predicted molar refractivity (Wildman–Crippen MR) is 105 cm³/mol. The van der Waals surface area contributed by atoms with Crippen LogP contribution >= 0.6 is 11.3 Å². The van der Waals surface area contributed by atoms with Gasteiger partial charge in [0.15, 0.2) is 0 Å². The third kappa shape index (κ3) is 3.84. The van der Waals surface area contributed by atoms with Crippen molar-refractivity contribution in [3.8, 4) is 0 Å². The molecule has 0 aliphatic carbocycles. The van der Waals surface area contributed by atoms with E-state index >= 15 is 0 Å². The lowest BCUT2D eigenvalue weighted by Gasteiger charge is -2.31. The van der Waals surface area contributed by atoms with Crippen molar-refractivity contribution in [2.24, 2.45) is 5.92 Å². The second-order valence-corrected chi connectivity index (χ2v) is 9.56. The van der Waals surface area contributed by atoms with Crippen LogP contribution in [0.3, 0.4) is 0 Å². The zero-order chi connectivity index (χ0) is 18.9. The van der Waals surface area contributed by atoms with Crippen LogP contribution in [0, 0.1) is 26.7 Å². The second-order valence-electron chi connectivity index (χ2n) is 6.91. The monoisotopic (exact) mass is 392 g/mol. The van der Waals surface area contributed by atoms with Crippen molar-refractivity contribution in [1.29, 1.82) is 0 Å². The maximum atomic E-state index is 13.1. The summed E-state index contributed by atoms with van der Waals surface area (Å²) >= 11 is 1.53. The number of amides is 1. The quantitative estimate of drug-likeness (QED) is 0.862. The van der Waals surface area contributed by atoms with Gasteiger partial charge in [0.1, 0.15) is 0 Å². The Kier molecular flexibility index (Phi) is 5.50. The van der Waals surface area contributed by atoms with Gasteiger partial charge in [-0.15, -0.1) is 0 Å². The van der Waals surface area contributed by atoms with E-state index in [1.165, 1.54) is 15.6 Å². The molecule has 1 aromatic carbocycles. The molecule has 0 radical (unpaired) electrons. The minimum Gasteiger partial charge on any atom is -0.325 e. The summed E-state index contributed by atoms with van der Waals surface area (Å²) in [7, 11) is -3.54. The summed E-state index contributed by atoms with van der Waals surface area (Å²) in [6.07, 6.45) is 1.08. The van der Waals surface area contributed by atoms with E-state index in [-0.39, 0.29) is 11.8 Å². The van der Waals surface area contributed by atoms with Gasteiger partial charge in [0.05, 0.1) is 10.6 Å². The summed E-state index contributed by atoms with van der Waals surface area (Å²) in [6.45, 7) is 6.39. The number of carbonyl (C=O) groups excluding carboxylic acids is 1. The van der Waals surface area contributed by atoms with Crippen LogP contribution in [-0.2, 0) is 14.8 Å². The molecule has 1 N–H and O–H groups in total. The first-order valence-electron chi connectivity index (χ1n) is 8.70. The molecular weight excluding hydrogens is 368 g/mol. The first kappa shape index (κ1) is 19.1. The number of piperidine rings is 1. The van der Waals surface area contributed by atoms with E-state index < -0.39 is 10.0 Å². The SMILES string of the molecule is Cc1cc(C)c(S(=O)(=O)N2CCC(C(=O)Nc3ccsc3)CC2)c(C)c1. The van der Waals surface area contributed by atoms with Crippen LogP contribution in [0.15, 0.2) is 33.9 Å². The van der Waals surface area contributed by atoms with Crippen molar-refractivity contribution in [1.82, 2.24) is 4.31 Å². The van der Waals surface area contributed by atoms with Gasteiger partial charge in [0.25, 0.3) is 0 Å². The molecule has 26 heavy (non-hydrogen) atoms. The summed E-state index contributed by atoms with van der Waals surface area (Å²) in [5.41, 5.74) is 3.42. The first-order chi connectivity index (χ1) is 12.3. The van der Waals surface area contributed by atoms with E-state index in [1.807, 2.05) is 49.7 Å². The smallest absolute Gasteiger partial charge is 0.243 e. The van der Waals surface area contributed by atoms with Gasteiger partial charge in [0.2, 0.25) is 15.9 Å². The van der Waals surface area contributed by atoms with Gasteiger partial charge in [0, 0.05) is 24.4 Å². The highest BCUT2D eigenvalue weighted by molar-refractivity contribution is 7.89. The van der Waals surface area contributed by atoms with Gasteiger partial charge in [-0.3, -0.25) is 4.79 Å². The average Bonchev–Trinajstić information content (AvgIpc) is 3.06. The van der Waals surface area contributed by atoms with E-state index in [0.717, 1.165) is 22.4 Å². The van der Waals surface area contributed by atoms with Crippen LogP contribution < -0.4 is 5.32 Å². The molecule has 1 fully saturated rings. The largest absolute Gasteiger partial charge is 0.325 e. The lowest BCUT2D eigenvalue weighted by Crippen LogP contribution is -2.41. The number of rotatable bonds is 4. The molecule has 0 unspecified atom stereocenters. The fourth-order valence-corrected chi connectivity index (χ4v) is 6.11. The highest BCUT2D eigenvalue weighted by Crippen LogP contribution is 2.29. The molecule has 140 valence electrons. The number of carbonyl (C=O) groups is 1. The Bertz CT molecular complexity index is 874. The Labute approximate surface area is 159 Å². The maximum Gasteiger partial charge on any atom is 0.243 e. The minimum atomic E-state index is -3.54. The number of sulfonamides is 1. The number of aryl methyl sites for hydroxylation is 3. The van der Waals surface area contributed by atoms with E-state index in [0.29, 0.717) is 30.8 Å². The first-order valence-corrected chi connectivity index (χ1v) is 11.1. The normalized spacial score (nSPS) is 16.6. The maximum absolute atomic E-state index is 13.1. The lowest BCUT2D eigenvalue weighted by atomic mass is 9.97. The molecular formula is C19H24N2O3S2. The summed E-state index contributed by atoms with van der Waals surface area (Å²) in [5, 5.41) is 6.71. The zero-order valence-corrected chi connectivity index (χ0v) is 16.9. The number of anilines is 1. The van der Waals surface area contributed by atoms with Gasteiger partial charge in [-0.25, -0.2) is 8.42 Å². The molecule has 7 heteroatoms. The third-order valence-corrected chi connectivity index (χ3v) is 7.70. The van der Waals surface area contributed by atoms with Gasteiger partial charge in [-0.05, 0) is 56.2 Å². The fraction of sp³-hybridized carbons (Fsp3) is 0.421. The van der Waals surface area contributed by atoms with Crippen molar-refractivity contribution in [3.63, 3.8) is 0 Å². The Balaban J connectivity index is 1.70. The van der Waals surface area contributed by atoms with E-state index in [9.17, 15) is 13.2 Å². The topological polar surface area (TPSA) is 66.5 Å². The summed E-state index contributed by atoms with van der Waals surface area (Å²) < 4.78 is 27.7. The van der Waals surface area contributed by atoms with Gasteiger partial charge < -0.3 is 5.32 Å². The average molecular weight is 393 g/mol. The van der Waals surface area contributed by atoms with Crippen LogP contribution in [0.5, 0.6) is 0 Å². The van der Waals surface area contributed by atoms with Crippen LogP contribution in [0.4, 0.5) is 5.69 Å². The number of benzene rings is 1. The molecule has 0 spiro atoms. The van der Waals surface area contributed by atoms with Gasteiger partial charge in [-0.2, -0.15) is 15.6 Å². The molecule has 1 amide bonds. The van der Waals surface area contributed by atoms with E-state index in [2.05, 4.69) is 5.32 Å². The van der Waals surface area contributed by atoms with Crippen molar-refractivity contribution >= 4 is 33.0 Å². The summed E-state index contributed by atoms with van der Waals surface area (Å²) in [4.78, 5) is 12.8.